The molecule has 1 saturated heterocycles. The van der Waals surface area contributed by atoms with Crippen molar-refractivity contribution in [3.8, 4) is 0 Å². The lowest BCUT2D eigenvalue weighted by atomic mass is 10.3. The smallest absolute Gasteiger partial charge is 0.252 e. The van der Waals surface area contributed by atoms with E-state index in [2.05, 4.69) is 24.1 Å². The van der Waals surface area contributed by atoms with E-state index in [-0.39, 0.29) is 0 Å². The average Bonchev–Trinajstić information content (AvgIpc) is 2.88. The van der Waals surface area contributed by atoms with Crippen molar-refractivity contribution in [3.63, 3.8) is 0 Å². The molecule has 21 heavy (non-hydrogen) atoms. The summed E-state index contributed by atoms with van der Waals surface area (Å²) in [5, 5.41) is 3.35. The Kier molecular flexibility index (Phi) is 5.79. The largest absolute Gasteiger partial charge is 0.314 e. The van der Waals surface area contributed by atoms with Gasteiger partial charge in [-0.15, -0.1) is 11.3 Å². The van der Waals surface area contributed by atoms with Crippen molar-refractivity contribution in [2.45, 2.75) is 30.5 Å². The van der Waals surface area contributed by atoms with E-state index in [1.165, 1.54) is 11.3 Å². The van der Waals surface area contributed by atoms with Gasteiger partial charge in [-0.1, -0.05) is 13.8 Å². The third kappa shape index (κ3) is 4.50. The molecule has 1 aliphatic heterocycles. The molecule has 1 aliphatic rings. The highest BCUT2D eigenvalue weighted by atomic mass is 32.2. The standard InChI is InChI=1S/C14H25N3O2S2/c1-12(2)15-7-6-13-4-5-14(20-13)21(18,19)17-10-8-16(3)9-11-17/h4-5,12,15H,6-11H2,1-3H3. The maximum atomic E-state index is 12.6. The second kappa shape index (κ2) is 7.19. The number of hydrogen-bond acceptors (Lipinski definition) is 5. The lowest BCUT2D eigenvalue weighted by molar-refractivity contribution is 0.222. The maximum absolute atomic E-state index is 12.6. The highest BCUT2D eigenvalue weighted by Crippen LogP contribution is 2.25. The summed E-state index contributed by atoms with van der Waals surface area (Å²) in [6, 6.07) is 4.15. The summed E-state index contributed by atoms with van der Waals surface area (Å²) in [4.78, 5) is 3.28. The molecule has 0 spiro atoms. The van der Waals surface area contributed by atoms with Crippen molar-refractivity contribution < 1.29 is 8.42 Å². The predicted octanol–water partition coefficient (Wildman–Crippen LogP) is 1.22. The van der Waals surface area contributed by atoms with Gasteiger partial charge in [0.25, 0.3) is 10.0 Å². The van der Waals surface area contributed by atoms with Gasteiger partial charge in [0.15, 0.2) is 0 Å². The molecule has 0 radical (unpaired) electrons. The first-order valence-corrected chi connectivity index (χ1v) is 9.66. The Morgan fingerprint density at radius 3 is 2.52 bits per heavy atom. The number of nitrogens with one attached hydrogen (secondary N) is 1. The highest BCUT2D eigenvalue weighted by Gasteiger charge is 2.28. The van der Waals surface area contributed by atoms with Gasteiger partial charge in [-0.25, -0.2) is 8.42 Å². The van der Waals surface area contributed by atoms with Gasteiger partial charge in [0.05, 0.1) is 0 Å². The van der Waals surface area contributed by atoms with Gasteiger partial charge in [-0.3, -0.25) is 0 Å². The van der Waals surface area contributed by atoms with Crippen molar-refractivity contribution in [2.24, 2.45) is 0 Å². The van der Waals surface area contributed by atoms with Gasteiger partial charge in [0.1, 0.15) is 4.21 Å². The van der Waals surface area contributed by atoms with Crippen LogP contribution in [-0.4, -0.2) is 63.4 Å². The molecule has 0 saturated carbocycles. The van der Waals surface area contributed by atoms with Crippen molar-refractivity contribution in [1.82, 2.24) is 14.5 Å². The second-order valence-corrected chi connectivity index (χ2v) is 9.12. The number of nitrogens with zero attached hydrogens (tertiary/aromatic N) is 2. The summed E-state index contributed by atoms with van der Waals surface area (Å²) >= 11 is 1.40. The monoisotopic (exact) mass is 331 g/mol. The highest BCUT2D eigenvalue weighted by molar-refractivity contribution is 7.91. The van der Waals surface area contributed by atoms with Crippen LogP contribution in [0.5, 0.6) is 0 Å². The van der Waals surface area contributed by atoms with E-state index in [0.717, 1.165) is 30.9 Å². The van der Waals surface area contributed by atoms with Crippen LogP contribution < -0.4 is 5.32 Å². The van der Waals surface area contributed by atoms with Gasteiger partial charge in [-0.05, 0) is 25.6 Å². The molecule has 1 fully saturated rings. The number of piperazine rings is 1. The van der Waals surface area contributed by atoms with E-state index in [1.54, 1.807) is 10.4 Å². The molecule has 0 bridgehead atoms. The van der Waals surface area contributed by atoms with E-state index in [9.17, 15) is 8.42 Å². The molecule has 120 valence electrons. The first kappa shape index (κ1) is 16.9. The second-order valence-electron chi connectivity index (χ2n) is 5.79. The van der Waals surface area contributed by atoms with Crippen LogP contribution in [0.1, 0.15) is 18.7 Å². The lowest BCUT2D eigenvalue weighted by Crippen LogP contribution is -2.46. The van der Waals surface area contributed by atoms with Gasteiger partial charge in [0, 0.05) is 43.6 Å². The van der Waals surface area contributed by atoms with Crippen LogP contribution in [0.3, 0.4) is 0 Å². The van der Waals surface area contributed by atoms with E-state index >= 15 is 0 Å². The molecule has 0 aromatic carbocycles. The molecule has 0 amide bonds. The Morgan fingerprint density at radius 2 is 1.90 bits per heavy atom. The van der Waals surface area contributed by atoms with Crippen LogP contribution in [0, 0.1) is 0 Å². The van der Waals surface area contributed by atoms with Crippen LogP contribution >= 0.6 is 11.3 Å². The Bertz CT molecular complexity index is 546. The molecule has 0 atom stereocenters. The molecular formula is C14H25N3O2S2. The summed E-state index contributed by atoms with van der Waals surface area (Å²) in [6.07, 6.45) is 0.876. The first-order chi connectivity index (χ1) is 9.89. The van der Waals surface area contributed by atoms with Crippen molar-refractivity contribution >= 4 is 21.4 Å². The van der Waals surface area contributed by atoms with E-state index < -0.39 is 10.0 Å². The summed E-state index contributed by atoms with van der Waals surface area (Å²) in [6.45, 7) is 7.87. The number of thiophene rings is 1. The summed E-state index contributed by atoms with van der Waals surface area (Å²) < 4.78 is 27.3. The first-order valence-electron chi connectivity index (χ1n) is 7.40. The van der Waals surface area contributed by atoms with E-state index in [4.69, 9.17) is 0 Å². The van der Waals surface area contributed by atoms with E-state index in [1.807, 2.05) is 13.1 Å². The fourth-order valence-electron chi connectivity index (χ4n) is 2.27. The normalized spacial score (nSPS) is 18.5. The lowest BCUT2D eigenvalue weighted by Gasteiger charge is -2.31. The van der Waals surface area contributed by atoms with Crippen molar-refractivity contribution in [2.75, 3.05) is 39.8 Å². The van der Waals surface area contributed by atoms with Crippen LogP contribution in [0.15, 0.2) is 16.3 Å². The van der Waals surface area contributed by atoms with Crippen molar-refractivity contribution in [1.29, 1.82) is 0 Å². The minimum atomic E-state index is -3.30. The topological polar surface area (TPSA) is 52.7 Å². The predicted molar refractivity (Wildman–Crippen MR) is 87.4 cm³/mol. The number of rotatable bonds is 6. The third-order valence-electron chi connectivity index (χ3n) is 3.62. The molecule has 1 aromatic rings. The molecule has 2 heterocycles. The average molecular weight is 332 g/mol. The van der Waals surface area contributed by atoms with Gasteiger partial charge >= 0.3 is 0 Å². The minimum absolute atomic E-state index is 0.457. The molecule has 1 aromatic heterocycles. The summed E-state index contributed by atoms with van der Waals surface area (Å²) in [5.41, 5.74) is 0. The zero-order valence-electron chi connectivity index (χ0n) is 13.0. The molecule has 2 rings (SSSR count). The SMILES string of the molecule is CC(C)NCCc1ccc(S(=O)(=O)N2CCN(C)CC2)s1. The Labute approximate surface area is 132 Å². The van der Waals surface area contributed by atoms with Crippen LogP contribution in [-0.2, 0) is 16.4 Å². The third-order valence-corrected chi connectivity index (χ3v) is 7.13. The fourth-order valence-corrected chi connectivity index (χ4v) is 5.20. The maximum Gasteiger partial charge on any atom is 0.252 e. The van der Waals surface area contributed by atoms with E-state index in [0.29, 0.717) is 23.3 Å². The number of hydrogen-bond donors (Lipinski definition) is 1. The molecule has 5 nitrogen and oxygen atoms in total. The zero-order valence-corrected chi connectivity index (χ0v) is 14.6. The van der Waals surface area contributed by atoms with Gasteiger partial charge in [-0.2, -0.15) is 4.31 Å². The fraction of sp³-hybridized carbons (Fsp3) is 0.714. The number of likely N-dealkylation sites (N-methyl/N-ethyl adjacent to an activating group) is 1. The Hall–Kier alpha value is -0.470. The summed E-state index contributed by atoms with van der Waals surface area (Å²) in [7, 11) is -1.28. The molecule has 0 aliphatic carbocycles. The molecule has 0 unspecified atom stereocenters. The Morgan fingerprint density at radius 1 is 1.24 bits per heavy atom. The zero-order chi connectivity index (χ0) is 15.5. The number of sulfonamides is 1. The quantitative estimate of drug-likeness (QED) is 0.852. The molecule has 7 heteroatoms. The minimum Gasteiger partial charge on any atom is -0.314 e. The Balaban J connectivity index is 1.99. The van der Waals surface area contributed by atoms with Gasteiger partial charge in [0.2, 0.25) is 0 Å². The van der Waals surface area contributed by atoms with Crippen LogP contribution in [0.25, 0.3) is 0 Å². The summed E-state index contributed by atoms with van der Waals surface area (Å²) in [5.74, 6) is 0. The van der Waals surface area contributed by atoms with Crippen LogP contribution in [0.2, 0.25) is 0 Å². The molecule has 1 N–H and O–H groups in total. The molecular weight excluding hydrogens is 306 g/mol. The van der Waals surface area contributed by atoms with Gasteiger partial charge < -0.3 is 10.2 Å². The van der Waals surface area contributed by atoms with Crippen molar-refractivity contribution in [3.05, 3.63) is 17.0 Å². The van der Waals surface area contributed by atoms with Crippen LogP contribution in [0.4, 0.5) is 0 Å².